The summed E-state index contributed by atoms with van der Waals surface area (Å²) in [5.41, 5.74) is 7.13. The summed E-state index contributed by atoms with van der Waals surface area (Å²) in [6.45, 7) is 2.90. The average molecular weight is 274 g/mol. The molecule has 2 aromatic heterocycles. The molecule has 100 valence electrons. The third kappa shape index (κ3) is 3.19. The van der Waals surface area contributed by atoms with E-state index in [9.17, 15) is 0 Å². The van der Waals surface area contributed by atoms with Crippen LogP contribution in [0.2, 0.25) is 0 Å². The van der Waals surface area contributed by atoms with Crippen LogP contribution in [-0.2, 0) is 6.54 Å². The van der Waals surface area contributed by atoms with Gasteiger partial charge >= 0.3 is 0 Å². The molecular formula is C14H18N4S. The highest BCUT2D eigenvalue weighted by atomic mass is 32.1. The summed E-state index contributed by atoms with van der Waals surface area (Å²) in [5, 5.41) is 9.65. The Kier molecular flexibility index (Phi) is 4.29. The fourth-order valence-electron chi connectivity index (χ4n) is 1.96. The third-order valence-corrected chi connectivity index (χ3v) is 4.22. The third-order valence-electron chi connectivity index (χ3n) is 3.18. The molecule has 3 N–H and O–H groups in total. The van der Waals surface area contributed by atoms with Crippen molar-refractivity contribution in [3.05, 3.63) is 52.0 Å². The van der Waals surface area contributed by atoms with Crippen LogP contribution >= 0.6 is 11.3 Å². The predicted molar refractivity (Wildman–Crippen MR) is 79.5 cm³/mol. The van der Waals surface area contributed by atoms with Crippen molar-refractivity contribution < 1.29 is 0 Å². The SMILES string of the molecule is CC(c1cccs1)N(C)Cc1cccnc1C(=N)N. The summed E-state index contributed by atoms with van der Waals surface area (Å²) in [6.07, 6.45) is 1.67. The van der Waals surface area contributed by atoms with Crippen molar-refractivity contribution in [3.8, 4) is 0 Å². The molecule has 19 heavy (non-hydrogen) atoms. The van der Waals surface area contributed by atoms with Crippen molar-refractivity contribution in [1.82, 2.24) is 9.88 Å². The number of pyridine rings is 1. The average Bonchev–Trinajstić information content (AvgIpc) is 2.92. The van der Waals surface area contributed by atoms with Crippen LogP contribution in [-0.4, -0.2) is 22.8 Å². The molecule has 0 saturated heterocycles. The summed E-state index contributed by atoms with van der Waals surface area (Å²) in [5.74, 6) is 0.0211. The van der Waals surface area contributed by atoms with Crippen molar-refractivity contribution in [3.63, 3.8) is 0 Å². The Hall–Kier alpha value is -1.72. The van der Waals surface area contributed by atoms with Gasteiger partial charge in [-0.25, -0.2) is 0 Å². The molecule has 0 aliphatic carbocycles. The van der Waals surface area contributed by atoms with Crippen LogP contribution in [0.1, 0.15) is 29.1 Å². The van der Waals surface area contributed by atoms with Gasteiger partial charge in [0.05, 0.1) is 0 Å². The fraction of sp³-hybridized carbons (Fsp3) is 0.286. The Morgan fingerprint density at radius 2 is 2.26 bits per heavy atom. The molecule has 4 nitrogen and oxygen atoms in total. The van der Waals surface area contributed by atoms with Crippen molar-refractivity contribution in [1.29, 1.82) is 5.41 Å². The fourth-order valence-corrected chi connectivity index (χ4v) is 2.81. The quantitative estimate of drug-likeness (QED) is 0.650. The summed E-state index contributed by atoms with van der Waals surface area (Å²) in [6, 6.07) is 8.39. The second kappa shape index (κ2) is 5.95. The van der Waals surface area contributed by atoms with Crippen LogP contribution in [0.3, 0.4) is 0 Å². The molecule has 0 saturated carbocycles. The maximum absolute atomic E-state index is 7.57. The first-order valence-corrected chi connectivity index (χ1v) is 6.99. The van der Waals surface area contributed by atoms with Crippen molar-refractivity contribution in [2.24, 2.45) is 5.73 Å². The lowest BCUT2D eigenvalue weighted by atomic mass is 10.1. The first-order chi connectivity index (χ1) is 9.09. The molecule has 5 heteroatoms. The predicted octanol–water partition coefficient (Wildman–Crippen LogP) is 2.62. The van der Waals surface area contributed by atoms with Gasteiger partial charge < -0.3 is 5.73 Å². The lowest BCUT2D eigenvalue weighted by molar-refractivity contribution is 0.256. The molecule has 0 aromatic carbocycles. The van der Waals surface area contributed by atoms with E-state index in [0.29, 0.717) is 11.7 Å². The highest BCUT2D eigenvalue weighted by Crippen LogP contribution is 2.24. The molecule has 0 bridgehead atoms. The monoisotopic (exact) mass is 274 g/mol. The van der Waals surface area contributed by atoms with E-state index in [-0.39, 0.29) is 5.84 Å². The zero-order chi connectivity index (χ0) is 13.8. The molecule has 0 radical (unpaired) electrons. The number of nitrogens with two attached hydrogens (primary N) is 1. The second-order valence-corrected chi connectivity index (χ2v) is 5.51. The number of nitrogen functional groups attached to an aromatic ring is 1. The number of hydrogen-bond donors (Lipinski definition) is 2. The van der Waals surface area contributed by atoms with E-state index in [4.69, 9.17) is 11.1 Å². The van der Waals surface area contributed by atoms with Crippen LogP contribution in [0.15, 0.2) is 35.8 Å². The lowest BCUT2D eigenvalue weighted by Gasteiger charge is -2.24. The largest absolute Gasteiger partial charge is 0.382 e. The Balaban J connectivity index is 2.15. The van der Waals surface area contributed by atoms with Crippen LogP contribution in [0.5, 0.6) is 0 Å². The summed E-state index contributed by atoms with van der Waals surface area (Å²) >= 11 is 1.76. The second-order valence-electron chi connectivity index (χ2n) is 4.53. The normalized spacial score (nSPS) is 12.6. The van der Waals surface area contributed by atoms with Crippen LogP contribution in [0, 0.1) is 5.41 Å². The first kappa shape index (κ1) is 13.7. The van der Waals surface area contributed by atoms with Crippen LogP contribution in [0.25, 0.3) is 0 Å². The lowest BCUT2D eigenvalue weighted by Crippen LogP contribution is -2.24. The first-order valence-electron chi connectivity index (χ1n) is 6.11. The molecule has 0 aliphatic rings. The van der Waals surface area contributed by atoms with Gasteiger partial charge in [-0.3, -0.25) is 15.3 Å². The number of aromatic nitrogens is 1. The minimum atomic E-state index is 0.0211. The number of rotatable bonds is 5. The Labute approximate surface area is 117 Å². The minimum absolute atomic E-state index is 0.0211. The molecule has 1 atom stereocenters. The van der Waals surface area contributed by atoms with E-state index in [2.05, 4.69) is 41.4 Å². The molecule has 0 aliphatic heterocycles. The smallest absolute Gasteiger partial charge is 0.142 e. The molecule has 0 spiro atoms. The van der Waals surface area contributed by atoms with Gasteiger partial charge in [0.2, 0.25) is 0 Å². The highest BCUT2D eigenvalue weighted by molar-refractivity contribution is 7.10. The Bertz CT molecular complexity index is 550. The summed E-state index contributed by atoms with van der Waals surface area (Å²) in [7, 11) is 2.07. The number of thiophene rings is 1. The van der Waals surface area contributed by atoms with E-state index in [1.54, 1.807) is 17.5 Å². The van der Waals surface area contributed by atoms with Crippen LogP contribution in [0.4, 0.5) is 0 Å². The zero-order valence-electron chi connectivity index (χ0n) is 11.1. The topological polar surface area (TPSA) is 66.0 Å². The van der Waals surface area contributed by atoms with Gasteiger partial charge in [-0.2, -0.15) is 0 Å². The maximum Gasteiger partial charge on any atom is 0.142 e. The van der Waals surface area contributed by atoms with Gasteiger partial charge in [-0.05, 0) is 37.0 Å². The Morgan fingerprint density at radius 1 is 1.47 bits per heavy atom. The summed E-state index contributed by atoms with van der Waals surface area (Å²) < 4.78 is 0. The maximum atomic E-state index is 7.57. The summed E-state index contributed by atoms with van der Waals surface area (Å²) in [4.78, 5) is 7.74. The van der Waals surface area contributed by atoms with E-state index in [1.165, 1.54) is 4.88 Å². The van der Waals surface area contributed by atoms with Crippen molar-refractivity contribution in [2.75, 3.05) is 7.05 Å². The Morgan fingerprint density at radius 3 is 2.89 bits per heavy atom. The van der Waals surface area contributed by atoms with Gasteiger partial charge in [0, 0.05) is 23.7 Å². The van der Waals surface area contributed by atoms with E-state index >= 15 is 0 Å². The van der Waals surface area contributed by atoms with Gasteiger partial charge in [-0.1, -0.05) is 12.1 Å². The molecule has 2 aromatic rings. The zero-order valence-corrected chi connectivity index (χ0v) is 11.9. The standard InChI is InChI=1S/C14H18N4S/c1-10(12-6-4-8-19-12)18(2)9-11-5-3-7-17-13(11)14(15)16/h3-8,10H,9H2,1-2H3,(H3,15,16). The van der Waals surface area contributed by atoms with E-state index in [0.717, 1.165) is 12.1 Å². The molecular weight excluding hydrogens is 256 g/mol. The van der Waals surface area contributed by atoms with Gasteiger partial charge in [0.25, 0.3) is 0 Å². The number of hydrogen-bond acceptors (Lipinski definition) is 4. The minimum Gasteiger partial charge on any atom is -0.382 e. The van der Waals surface area contributed by atoms with Crippen LogP contribution < -0.4 is 5.73 Å². The number of nitrogens with zero attached hydrogens (tertiary/aromatic N) is 2. The molecule has 0 amide bonds. The highest BCUT2D eigenvalue weighted by Gasteiger charge is 2.15. The molecule has 2 rings (SSSR count). The van der Waals surface area contributed by atoms with Gasteiger partial charge in [-0.15, -0.1) is 11.3 Å². The van der Waals surface area contributed by atoms with E-state index < -0.39 is 0 Å². The van der Waals surface area contributed by atoms with Crippen molar-refractivity contribution >= 4 is 17.2 Å². The molecule has 1 unspecified atom stereocenters. The van der Waals surface area contributed by atoms with Gasteiger partial charge in [0.1, 0.15) is 11.5 Å². The molecule has 0 fully saturated rings. The number of nitrogens with one attached hydrogen (secondary N) is 1. The van der Waals surface area contributed by atoms with Gasteiger partial charge in [0.15, 0.2) is 0 Å². The van der Waals surface area contributed by atoms with Crippen molar-refractivity contribution in [2.45, 2.75) is 19.5 Å². The number of amidine groups is 1. The van der Waals surface area contributed by atoms with E-state index in [1.807, 2.05) is 12.1 Å². The molecule has 2 heterocycles.